The summed E-state index contributed by atoms with van der Waals surface area (Å²) in [5.74, 6) is 0.911. The van der Waals surface area contributed by atoms with Gasteiger partial charge < -0.3 is 9.47 Å². The molecule has 1 aliphatic heterocycles. The quantitative estimate of drug-likeness (QED) is 0.526. The molecule has 1 amide bonds. The first-order valence-electron chi connectivity index (χ1n) is 10.4. The summed E-state index contributed by atoms with van der Waals surface area (Å²) in [6.45, 7) is 6.17. The molecule has 0 radical (unpaired) electrons. The molecule has 1 unspecified atom stereocenters. The zero-order chi connectivity index (χ0) is 21.8. The largest absolute Gasteiger partial charge is 0.339 e. The number of carbonyl (C=O) groups is 1. The van der Waals surface area contributed by atoms with Crippen LogP contribution in [-0.4, -0.2) is 61.9 Å². The monoisotopic (exact) mass is 455 g/mol. The van der Waals surface area contributed by atoms with E-state index in [-0.39, 0.29) is 11.2 Å². The van der Waals surface area contributed by atoms with Crippen LogP contribution in [0, 0.1) is 0 Å². The molecule has 0 N–H and O–H groups in total. The summed E-state index contributed by atoms with van der Waals surface area (Å²) in [4.78, 5) is 17.4. The number of nitrogens with zero attached hydrogens (tertiary/aromatic N) is 5. The Balaban J connectivity index is 1.32. The van der Waals surface area contributed by atoms with Crippen LogP contribution in [0.25, 0.3) is 11.4 Å². The number of carbonyl (C=O) groups excluding carboxylic acids is 1. The molecule has 6 nitrogen and oxygen atoms in total. The highest BCUT2D eigenvalue weighted by Gasteiger charge is 2.27. The van der Waals surface area contributed by atoms with Crippen molar-refractivity contribution >= 4 is 29.3 Å². The van der Waals surface area contributed by atoms with Gasteiger partial charge in [-0.05, 0) is 36.8 Å². The zero-order valence-corrected chi connectivity index (χ0v) is 19.3. The van der Waals surface area contributed by atoms with E-state index in [1.165, 1.54) is 17.3 Å². The highest BCUT2D eigenvalue weighted by atomic mass is 35.5. The van der Waals surface area contributed by atoms with Crippen LogP contribution in [0.4, 0.5) is 0 Å². The van der Waals surface area contributed by atoms with Gasteiger partial charge in [0.25, 0.3) is 0 Å². The van der Waals surface area contributed by atoms with Gasteiger partial charge in [-0.1, -0.05) is 53.7 Å². The molecule has 0 spiro atoms. The SMILES string of the molecule is CC(Sc1nnc(-c2ccc(Cl)cc2)n1C)C(=O)N1CCN(Cc2ccccc2)CC1. The molecular formula is C23H26ClN5OS. The number of hydrogen-bond acceptors (Lipinski definition) is 5. The van der Waals surface area contributed by atoms with Gasteiger partial charge in [-0.25, -0.2) is 0 Å². The van der Waals surface area contributed by atoms with Crippen molar-refractivity contribution in [2.75, 3.05) is 26.2 Å². The molecule has 1 aliphatic rings. The normalized spacial score (nSPS) is 15.8. The maximum atomic E-state index is 13.0. The first kappa shape index (κ1) is 21.9. The highest BCUT2D eigenvalue weighted by Crippen LogP contribution is 2.27. The molecule has 162 valence electrons. The first-order valence-corrected chi connectivity index (χ1v) is 11.6. The van der Waals surface area contributed by atoms with E-state index in [1.54, 1.807) is 0 Å². The lowest BCUT2D eigenvalue weighted by atomic mass is 10.2. The van der Waals surface area contributed by atoms with E-state index in [4.69, 9.17) is 11.6 Å². The lowest BCUT2D eigenvalue weighted by Gasteiger charge is -2.35. The second-order valence-corrected chi connectivity index (χ2v) is 9.46. The summed E-state index contributed by atoms with van der Waals surface area (Å²) >= 11 is 7.43. The van der Waals surface area contributed by atoms with Crippen LogP contribution in [0.15, 0.2) is 59.8 Å². The van der Waals surface area contributed by atoms with Crippen molar-refractivity contribution in [1.82, 2.24) is 24.6 Å². The van der Waals surface area contributed by atoms with E-state index >= 15 is 0 Å². The average molecular weight is 456 g/mol. The average Bonchev–Trinajstić information content (AvgIpc) is 3.15. The fraction of sp³-hybridized carbons (Fsp3) is 0.348. The van der Waals surface area contributed by atoms with Crippen LogP contribution in [0.3, 0.4) is 0 Å². The fourth-order valence-corrected chi connectivity index (χ4v) is 4.73. The van der Waals surface area contributed by atoms with E-state index in [2.05, 4.69) is 39.4 Å². The second kappa shape index (κ2) is 9.85. The number of halogens is 1. The molecule has 2 heterocycles. The molecule has 1 fully saturated rings. The molecule has 0 bridgehead atoms. The number of amides is 1. The summed E-state index contributed by atoms with van der Waals surface area (Å²) in [5, 5.41) is 9.81. The topological polar surface area (TPSA) is 54.3 Å². The first-order chi connectivity index (χ1) is 15.0. The third-order valence-electron chi connectivity index (χ3n) is 5.50. The lowest BCUT2D eigenvalue weighted by Crippen LogP contribution is -2.50. The highest BCUT2D eigenvalue weighted by molar-refractivity contribution is 8.00. The molecule has 4 rings (SSSR count). The second-order valence-electron chi connectivity index (χ2n) is 7.72. The molecule has 2 aromatic carbocycles. The molecule has 0 aliphatic carbocycles. The molecule has 8 heteroatoms. The summed E-state index contributed by atoms with van der Waals surface area (Å²) in [6.07, 6.45) is 0. The smallest absolute Gasteiger partial charge is 0.235 e. The van der Waals surface area contributed by atoms with E-state index in [9.17, 15) is 4.79 Å². The van der Waals surface area contributed by atoms with Crippen molar-refractivity contribution in [2.24, 2.45) is 7.05 Å². The predicted molar refractivity (Wildman–Crippen MR) is 125 cm³/mol. The van der Waals surface area contributed by atoms with E-state index in [1.807, 2.05) is 53.8 Å². The van der Waals surface area contributed by atoms with Gasteiger partial charge in [0.2, 0.25) is 5.91 Å². The van der Waals surface area contributed by atoms with Crippen LogP contribution in [0.1, 0.15) is 12.5 Å². The molecule has 1 saturated heterocycles. The van der Waals surface area contributed by atoms with Crippen LogP contribution in [0.2, 0.25) is 5.02 Å². The van der Waals surface area contributed by atoms with Crippen molar-refractivity contribution in [2.45, 2.75) is 23.9 Å². The zero-order valence-electron chi connectivity index (χ0n) is 17.7. The summed E-state index contributed by atoms with van der Waals surface area (Å²) < 4.78 is 1.93. The molecule has 1 atom stereocenters. The predicted octanol–water partition coefficient (Wildman–Crippen LogP) is 3.96. The van der Waals surface area contributed by atoms with E-state index in [0.29, 0.717) is 5.02 Å². The number of aromatic nitrogens is 3. The van der Waals surface area contributed by atoms with Crippen molar-refractivity contribution < 1.29 is 4.79 Å². The van der Waals surface area contributed by atoms with Gasteiger partial charge in [0.1, 0.15) is 0 Å². The van der Waals surface area contributed by atoms with E-state index in [0.717, 1.165) is 49.3 Å². The van der Waals surface area contributed by atoms with Gasteiger partial charge in [0.15, 0.2) is 11.0 Å². The van der Waals surface area contributed by atoms with Crippen molar-refractivity contribution in [3.8, 4) is 11.4 Å². The lowest BCUT2D eigenvalue weighted by molar-refractivity contribution is -0.132. The van der Waals surface area contributed by atoms with Gasteiger partial charge >= 0.3 is 0 Å². The Hall–Kier alpha value is -2.35. The Morgan fingerprint density at radius 2 is 1.71 bits per heavy atom. The van der Waals surface area contributed by atoms with Crippen molar-refractivity contribution in [1.29, 1.82) is 0 Å². The molecule has 3 aromatic rings. The van der Waals surface area contributed by atoms with Gasteiger partial charge in [-0.15, -0.1) is 10.2 Å². The summed E-state index contributed by atoms with van der Waals surface area (Å²) in [6, 6.07) is 18.0. The minimum atomic E-state index is -0.221. The van der Waals surface area contributed by atoms with Crippen LogP contribution >= 0.6 is 23.4 Å². The number of thioether (sulfide) groups is 1. The maximum Gasteiger partial charge on any atom is 0.235 e. The summed E-state index contributed by atoms with van der Waals surface area (Å²) in [7, 11) is 1.92. The minimum absolute atomic E-state index is 0.153. The molecule has 1 aromatic heterocycles. The maximum absolute atomic E-state index is 13.0. The number of benzene rings is 2. The Morgan fingerprint density at radius 3 is 2.39 bits per heavy atom. The van der Waals surface area contributed by atoms with Gasteiger partial charge in [0, 0.05) is 50.4 Å². The standard InChI is InChI=1S/C23H26ClN5OS/c1-17(31-23-26-25-21(27(23)2)19-8-10-20(24)11-9-19)22(30)29-14-12-28(13-15-29)16-18-6-4-3-5-7-18/h3-11,17H,12-16H2,1-2H3. The van der Waals surface area contributed by atoms with Crippen LogP contribution in [-0.2, 0) is 18.4 Å². The summed E-state index contributed by atoms with van der Waals surface area (Å²) in [5.41, 5.74) is 2.25. The molecule has 0 saturated carbocycles. The number of rotatable bonds is 6. The Morgan fingerprint density at radius 1 is 1.03 bits per heavy atom. The van der Waals surface area contributed by atoms with Crippen molar-refractivity contribution in [3.05, 3.63) is 65.2 Å². The number of hydrogen-bond donors (Lipinski definition) is 0. The van der Waals surface area contributed by atoms with Gasteiger partial charge in [0.05, 0.1) is 5.25 Å². The van der Waals surface area contributed by atoms with E-state index < -0.39 is 0 Å². The Kier molecular flexibility index (Phi) is 6.95. The van der Waals surface area contributed by atoms with Crippen LogP contribution < -0.4 is 0 Å². The van der Waals surface area contributed by atoms with Gasteiger partial charge in [-0.2, -0.15) is 0 Å². The third-order valence-corrected chi connectivity index (χ3v) is 6.87. The number of piperazine rings is 1. The Labute approximate surface area is 192 Å². The van der Waals surface area contributed by atoms with Crippen molar-refractivity contribution in [3.63, 3.8) is 0 Å². The minimum Gasteiger partial charge on any atom is -0.339 e. The molecular weight excluding hydrogens is 430 g/mol. The van der Waals surface area contributed by atoms with Gasteiger partial charge in [-0.3, -0.25) is 9.69 Å². The third kappa shape index (κ3) is 5.29. The Bertz CT molecular complexity index is 1020. The fourth-order valence-electron chi connectivity index (χ4n) is 3.70. The van der Waals surface area contributed by atoms with Crippen LogP contribution in [0.5, 0.6) is 0 Å². The molecule has 31 heavy (non-hydrogen) atoms.